The van der Waals surface area contributed by atoms with E-state index in [9.17, 15) is 40.8 Å². The second-order valence-corrected chi connectivity index (χ2v) is 17.8. The number of carbonyl (C=O) groups excluding carboxylic acids is 4. The smallest absolute Gasteiger partial charge is 0.307 e. The molecule has 0 unspecified atom stereocenters. The highest BCUT2D eigenvalue weighted by molar-refractivity contribution is 7.91. The summed E-state index contributed by atoms with van der Waals surface area (Å²) in [6.45, 7) is 5.41. The van der Waals surface area contributed by atoms with Crippen molar-refractivity contribution in [3.63, 3.8) is 0 Å². The van der Waals surface area contributed by atoms with Crippen LogP contribution in [0, 0.1) is 17.7 Å². The molecule has 2 saturated carbocycles. The zero-order chi connectivity index (χ0) is 39.2. The number of sulfonamides is 1. The summed E-state index contributed by atoms with van der Waals surface area (Å²) in [6, 6.07) is 1.96. The molecule has 1 saturated heterocycles. The van der Waals surface area contributed by atoms with Crippen LogP contribution in [0.1, 0.15) is 97.6 Å². The number of hydrogen-bond acceptors (Lipinski definition) is 10. The third kappa shape index (κ3) is 8.98. The summed E-state index contributed by atoms with van der Waals surface area (Å²) in [4.78, 5) is 64.8. The maximum Gasteiger partial charge on any atom is 0.307 e. The number of aromatic nitrogens is 2. The molecule has 3 fully saturated rings. The van der Waals surface area contributed by atoms with Crippen molar-refractivity contribution in [3.8, 4) is 5.88 Å². The number of nitrogens with one attached hydrogen (secondary N) is 2. The number of amides is 3. The maximum atomic E-state index is 14.9. The molecular weight excluding hydrogens is 731 g/mol. The number of carbonyl (C=O) groups is 4. The van der Waals surface area contributed by atoms with E-state index in [2.05, 4.69) is 20.0 Å². The van der Waals surface area contributed by atoms with Crippen molar-refractivity contribution in [2.24, 2.45) is 11.8 Å². The molecular formula is C37H46F3N5O8S. The summed E-state index contributed by atoms with van der Waals surface area (Å²) >= 11 is 0. The molecule has 294 valence electrons. The molecule has 2 N–H and O–H groups in total. The predicted molar refractivity (Wildman–Crippen MR) is 189 cm³/mol. The van der Waals surface area contributed by atoms with E-state index < -0.39 is 97.4 Å². The number of alkyl halides is 2. The molecule has 13 nitrogen and oxygen atoms in total. The van der Waals surface area contributed by atoms with Crippen LogP contribution in [0.2, 0.25) is 0 Å². The number of nitrogens with zero attached hydrogens (tertiary/aromatic N) is 3. The minimum absolute atomic E-state index is 0.000731. The average molecular weight is 778 g/mol. The van der Waals surface area contributed by atoms with Gasteiger partial charge in [0.1, 0.15) is 29.1 Å². The summed E-state index contributed by atoms with van der Waals surface area (Å²) in [7, 11) is -3.97. The minimum Gasteiger partial charge on any atom is -0.471 e. The van der Waals surface area contributed by atoms with Gasteiger partial charge < -0.3 is 19.7 Å². The first-order valence-electron chi connectivity index (χ1n) is 18.3. The predicted octanol–water partition coefficient (Wildman–Crippen LogP) is 4.58. The molecule has 2 aromatic rings. The summed E-state index contributed by atoms with van der Waals surface area (Å²) in [5.74, 6) is -9.14. The molecule has 3 heterocycles. The standard InChI is InChI=1S/C37H46F3N5O8S/c1-35(2,3)53-29(46)16-21-10-8-6-5-7-9-11-22-19-37(22,34(49)44-54(50,51)25-13-14-25)43-31(47)28-18-24(20-45(28)33(21)48)52-32-30(36(4,39)40)41-26-15-12-23(38)17-27(26)42-32/h9,11-12,15,17,21-22,24-25,28H,5-8,10,13-14,16,18-20H2,1-4H3,(H,43,47)(H,44,49)/b11-9-/t21-,22-,24-,28+,37-/m1/s1. The SMILES string of the molecule is CC(C)(C)OC(=O)C[C@H]1CCCCC/C=C\[C@@H]2C[C@@]2(C(=O)NS(=O)(=O)C2CC2)NC(=O)[C@@H]2C[C@@H](Oc3nc4cc(F)ccc4nc3C(C)(F)F)CN2C1=O. The van der Waals surface area contributed by atoms with Gasteiger partial charge in [0.25, 0.3) is 11.8 Å². The van der Waals surface area contributed by atoms with E-state index in [1.165, 1.54) is 11.0 Å². The van der Waals surface area contributed by atoms with Gasteiger partial charge in [-0.05, 0) is 71.4 Å². The number of ether oxygens (including phenoxy) is 2. The molecule has 1 aromatic carbocycles. The van der Waals surface area contributed by atoms with Crippen LogP contribution in [-0.2, 0) is 39.9 Å². The summed E-state index contributed by atoms with van der Waals surface area (Å²) in [5.41, 5.74) is -3.33. The Morgan fingerprint density at radius 1 is 1.06 bits per heavy atom. The van der Waals surface area contributed by atoms with E-state index in [0.29, 0.717) is 45.4 Å². The maximum absolute atomic E-state index is 14.9. The van der Waals surface area contributed by atoms with E-state index in [1.807, 2.05) is 6.08 Å². The van der Waals surface area contributed by atoms with Crippen molar-refractivity contribution < 1.29 is 50.2 Å². The number of benzene rings is 1. The zero-order valence-electron chi connectivity index (χ0n) is 30.7. The first-order valence-corrected chi connectivity index (χ1v) is 19.9. The van der Waals surface area contributed by atoms with Crippen molar-refractivity contribution in [1.29, 1.82) is 0 Å². The Labute approximate surface area is 311 Å². The van der Waals surface area contributed by atoms with Gasteiger partial charge in [0, 0.05) is 31.2 Å². The van der Waals surface area contributed by atoms with Gasteiger partial charge in [-0.3, -0.25) is 23.9 Å². The second-order valence-electron chi connectivity index (χ2n) is 15.9. The molecule has 5 atom stereocenters. The molecule has 2 aliphatic heterocycles. The number of esters is 1. The first kappa shape index (κ1) is 39.4. The molecule has 54 heavy (non-hydrogen) atoms. The summed E-state index contributed by atoms with van der Waals surface area (Å²) < 4.78 is 83.1. The van der Waals surface area contributed by atoms with Gasteiger partial charge in [0.05, 0.1) is 29.2 Å². The largest absolute Gasteiger partial charge is 0.471 e. The highest BCUT2D eigenvalue weighted by Gasteiger charge is 2.62. The zero-order valence-corrected chi connectivity index (χ0v) is 31.5. The molecule has 0 radical (unpaired) electrons. The van der Waals surface area contributed by atoms with Crippen molar-refractivity contribution in [2.45, 2.75) is 126 Å². The van der Waals surface area contributed by atoms with Crippen LogP contribution < -0.4 is 14.8 Å². The fourth-order valence-corrected chi connectivity index (χ4v) is 8.46. The van der Waals surface area contributed by atoms with Crippen molar-refractivity contribution in [1.82, 2.24) is 24.9 Å². The first-order chi connectivity index (χ1) is 25.3. The van der Waals surface area contributed by atoms with E-state index >= 15 is 0 Å². The van der Waals surface area contributed by atoms with Gasteiger partial charge in [-0.2, -0.15) is 8.78 Å². The van der Waals surface area contributed by atoms with Gasteiger partial charge in [-0.1, -0.05) is 25.0 Å². The molecule has 1 aromatic heterocycles. The van der Waals surface area contributed by atoms with Gasteiger partial charge in [-0.15, -0.1) is 0 Å². The highest BCUT2D eigenvalue weighted by Crippen LogP contribution is 2.46. The number of allylic oxidation sites excluding steroid dienone is 1. The van der Waals surface area contributed by atoms with Crippen LogP contribution >= 0.6 is 0 Å². The van der Waals surface area contributed by atoms with Crippen molar-refractivity contribution in [3.05, 3.63) is 41.9 Å². The molecule has 4 aliphatic rings. The van der Waals surface area contributed by atoms with Crippen LogP contribution in [0.15, 0.2) is 30.4 Å². The van der Waals surface area contributed by atoms with E-state index in [0.717, 1.165) is 18.6 Å². The summed E-state index contributed by atoms with van der Waals surface area (Å²) in [6.07, 6.45) is 5.93. The Bertz CT molecular complexity index is 1960. The van der Waals surface area contributed by atoms with E-state index in [4.69, 9.17) is 9.47 Å². The topological polar surface area (TPSA) is 174 Å². The molecule has 3 amide bonds. The number of rotatable bonds is 8. The van der Waals surface area contributed by atoms with Gasteiger partial charge in [-0.25, -0.2) is 22.8 Å². The lowest BCUT2D eigenvalue weighted by Gasteiger charge is -2.30. The Hall–Kier alpha value is -4.28. The molecule has 0 bridgehead atoms. The van der Waals surface area contributed by atoms with E-state index in [-0.39, 0.29) is 36.8 Å². The highest BCUT2D eigenvalue weighted by atomic mass is 32.2. The summed E-state index contributed by atoms with van der Waals surface area (Å²) in [5, 5.41) is 2.06. The van der Waals surface area contributed by atoms with Crippen LogP contribution in [0.3, 0.4) is 0 Å². The van der Waals surface area contributed by atoms with Gasteiger partial charge in [0.2, 0.25) is 27.7 Å². The number of fused-ring (bicyclic) bond motifs is 3. The lowest BCUT2D eigenvalue weighted by molar-refractivity contribution is -0.159. The molecule has 17 heteroatoms. The molecule has 6 rings (SSSR count). The van der Waals surface area contributed by atoms with Crippen LogP contribution in [-0.4, -0.2) is 82.1 Å². The average Bonchev–Trinajstić information content (AvgIpc) is 3.98. The second kappa shape index (κ2) is 14.8. The van der Waals surface area contributed by atoms with Crippen LogP contribution in [0.5, 0.6) is 5.88 Å². The Morgan fingerprint density at radius 2 is 1.80 bits per heavy atom. The van der Waals surface area contributed by atoms with Gasteiger partial charge >= 0.3 is 5.97 Å². The fraction of sp³-hybridized carbons (Fsp3) is 0.622. The molecule has 0 spiro atoms. The lowest BCUT2D eigenvalue weighted by atomic mass is 9.95. The van der Waals surface area contributed by atoms with Gasteiger partial charge in [0.15, 0.2) is 5.69 Å². The normalized spacial score (nSPS) is 27.5. The number of halogens is 3. The monoisotopic (exact) mass is 777 g/mol. The van der Waals surface area contributed by atoms with Crippen molar-refractivity contribution >= 4 is 44.7 Å². The Morgan fingerprint density at radius 3 is 2.48 bits per heavy atom. The third-order valence-electron chi connectivity index (χ3n) is 10.1. The Balaban J connectivity index is 1.34. The quantitative estimate of drug-likeness (QED) is 0.285. The van der Waals surface area contributed by atoms with Crippen LogP contribution in [0.4, 0.5) is 13.2 Å². The fourth-order valence-electron chi connectivity index (χ4n) is 7.10. The Kier molecular flexibility index (Phi) is 10.8. The lowest BCUT2D eigenvalue weighted by Crippen LogP contribution is -2.57. The minimum atomic E-state index is -3.97. The van der Waals surface area contributed by atoms with E-state index in [1.54, 1.807) is 26.8 Å². The molecule has 2 aliphatic carbocycles. The number of hydrogen-bond donors (Lipinski definition) is 2. The third-order valence-corrected chi connectivity index (χ3v) is 11.9. The van der Waals surface area contributed by atoms with Crippen LogP contribution in [0.25, 0.3) is 11.0 Å². The van der Waals surface area contributed by atoms with Crippen molar-refractivity contribution in [2.75, 3.05) is 6.54 Å².